The van der Waals surface area contributed by atoms with Gasteiger partial charge in [-0.25, -0.2) is 8.96 Å². The molecule has 2 aromatic rings. The highest BCUT2D eigenvalue weighted by atomic mass is 28.3. The third-order valence-electron chi connectivity index (χ3n) is 4.40. The van der Waals surface area contributed by atoms with Crippen molar-refractivity contribution in [1.82, 2.24) is 0 Å². The molecule has 0 spiro atoms. The molecular formula is C19H29FNSi2+. The first kappa shape index (κ1) is 18.1. The maximum absolute atomic E-state index is 14.6. The van der Waals surface area contributed by atoms with Crippen LogP contribution >= 0.6 is 0 Å². The molecular weight excluding hydrogens is 317 g/mol. The minimum absolute atomic E-state index is 0.0564. The van der Waals surface area contributed by atoms with Crippen molar-refractivity contribution in [2.45, 2.75) is 46.2 Å². The van der Waals surface area contributed by atoms with Crippen LogP contribution in [-0.4, -0.2) is 16.1 Å². The fraction of sp³-hybridized carbons (Fsp3) is 0.421. The fourth-order valence-corrected chi connectivity index (χ4v) is 5.47. The third-order valence-corrected chi connectivity index (χ3v) is 8.42. The molecule has 1 heterocycles. The van der Waals surface area contributed by atoms with E-state index in [0.717, 1.165) is 22.0 Å². The summed E-state index contributed by atoms with van der Waals surface area (Å²) in [5, 5.41) is 2.33. The first-order valence-electron chi connectivity index (χ1n) is 8.22. The van der Waals surface area contributed by atoms with E-state index in [2.05, 4.69) is 82.2 Å². The van der Waals surface area contributed by atoms with E-state index >= 15 is 0 Å². The van der Waals surface area contributed by atoms with Gasteiger partial charge in [-0.05, 0) is 23.7 Å². The van der Waals surface area contributed by atoms with Gasteiger partial charge in [0.2, 0.25) is 5.69 Å². The second-order valence-corrected chi connectivity index (χ2v) is 18.7. The molecule has 0 aliphatic heterocycles. The van der Waals surface area contributed by atoms with Crippen LogP contribution < -0.4 is 14.9 Å². The molecule has 0 saturated carbocycles. The van der Waals surface area contributed by atoms with Gasteiger partial charge in [-0.1, -0.05) is 51.4 Å². The Morgan fingerprint density at radius 3 is 2.00 bits per heavy atom. The van der Waals surface area contributed by atoms with Crippen LogP contribution in [0, 0.1) is 12.7 Å². The molecule has 0 aliphatic rings. The van der Waals surface area contributed by atoms with E-state index in [4.69, 9.17) is 0 Å². The van der Waals surface area contributed by atoms with E-state index in [1.54, 1.807) is 6.07 Å². The number of halogens is 1. The molecule has 23 heavy (non-hydrogen) atoms. The number of hydrogen-bond donors (Lipinski definition) is 0. The van der Waals surface area contributed by atoms with Gasteiger partial charge in [-0.2, -0.15) is 0 Å². The van der Waals surface area contributed by atoms with Crippen LogP contribution in [0.4, 0.5) is 4.39 Å². The molecule has 2 rings (SSSR count). The smallest absolute Gasteiger partial charge is 0.207 e. The van der Waals surface area contributed by atoms with Crippen LogP contribution in [0.2, 0.25) is 39.3 Å². The van der Waals surface area contributed by atoms with Crippen LogP contribution in [0.3, 0.4) is 0 Å². The number of rotatable bonds is 3. The van der Waals surface area contributed by atoms with Crippen LogP contribution in [0.1, 0.15) is 5.56 Å². The van der Waals surface area contributed by atoms with Gasteiger partial charge in [0.25, 0.3) is 0 Å². The maximum Gasteiger partial charge on any atom is 0.212 e. The van der Waals surface area contributed by atoms with Crippen molar-refractivity contribution >= 4 is 26.5 Å². The Hall–Kier alpha value is -1.27. The first-order chi connectivity index (χ1) is 10.4. The Bertz CT molecular complexity index is 740. The van der Waals surface area contributed by atoms with Crippen molar-refractivity contribution in [3.8, 4) is 11.3 Å². The van der Waals surface area contributed by atoms with E-state index < -0.39 is 16.1 Å². The summed E-state index contributed by atoms with van der Waals surface area (Å²) in [5.74, 6) is -0.0564. The normalized spacial score (nSPS) is 12.6. The molecule has 0 radical (unpaired) electrons. The molecule has 1 nitrogen and oxygen atoms in total. The van der Waals surface area contributed by atoms with Crippen molar-refractivity contribution in [3.05, 3.63) is 41.8 Å². The van der Waals surface area contributed by atoms with E-state index in [1.807, 2.05) is 0 Å². The molecule has 1 aromatic heterocycles. The quantitative estimate of drug-likeness (QED) is 0.589. The SMILES string of the molecule is Cc1cc([Si](C)(C)C)c(F)cc1-c1ccc([Si](C)(C)C)c[n+]1C. The predicted molar refractivity (Wildman–Crippen MR) is 104 cm³/mol. The van der Waals surface area contributed by atoms with E-state index in [9.17, 15) is 4.39 Å². The van der Waals surface area contributed by atoms with Crippen LogP contribution in [0.5, 0.6) is 0 Å². The second-order valence-electron chi connectivity index (χ2n) is 8.56. The van der Waals surface area contributed by atoms with Crippen molar-refractivity contribution in [3.63, 3.8) is 0 Å². The van der Waals surface area contributed by atoms with Crippen molar-refractivity contribution in [1.29, 1.82) is 0 Å². The van der Waals surface area contributed by atoms with Crippen molar-refractivity contribution < 1.29 is 8.96 Å². The average Bonchev–Trinajstić information content (AvgIpc) is 2.39. The zero-order valence-corrected chi connectivity index (χ0v) is 17.7. The van der Waals surface area contributed by atoms with Gasteiger partial charge in [-0.15, -0.1) is 0 Å². The molecule has 0 fully saturated rings. The Labute approximate surface area is 142 Å². The van der Waals surface area contributed by atoms with E-state index in [-0.39, 0.29) is 5.82 Å². The topological polar surface area (TPSA) is 3.88 Å². The molecule has 0 N–H and O–H groups in total. The lowest BCUT2D eigenvalue weighted by atomic mass is 10.0. The standard InChI is InChI=1S/C19H29FNSi2/c1-14-11-19(23(6,7)8)17(20)12-16(14)18-10-9-15(13-21(18)2)22(3,4)5/h9-13H,1-8H3/q+1. The van der Waals surface area contributed by atoms with Crippen LogP contribution in [0.15, 0.2) is 30.5 Å². The average molecular weight is 347 g/mol. The highest BCUT2D eigenvalue weighted by Gasteiger charge is 2.25. The number of aromatic nitrogens is 1. The van der Waals surface area contributed by atoms with E-state index in [0.29, 0.717) is 0 Å². The Balaban J connectivity index is 2.58. The molecule has 0 bridgehead atoms. The molecule has 4 heteroatoms. The number of benzene rings is 1. The Morgan fingerprint density at radius 2 is 1.52 bits per heavy atom. The van der Waals surface area contributed by atoms with Gasteiger partial charge in [0.15, 0.2) is 6.20 Å². The van der Waals surface area contributed by atoms with Gasteiger partial charge < -0.3 is 0 Å². The summed E-state index contributed by atoms with van der Waals surface area (Å²) in [5.41, 5.74) is 3.22. The van der Waals surface area contributed by atoms with Crippen molar-refractivity contribution in [2.24, 2.45) is 7.05 Å². The molecule has 0 unspecified atom stereocenters. The molecule has 0 aliphatic carbocycles. The van der Waals surface area contributed by atoms with Gasteiger partial charge >= 0.3 is 0 Å². The molecule has 1 aromatic carbocycles. The largest absolute Gasteiger partial charge is 0.212 e. The molecule has 0 amide bonds. The fourth-order valence-electron chi connectivity index (χ4n) is 2.86. The summed E-state index contributed by atoms with van der Waals surface area (Å²) in [4.78, 5) is 0. The monoisotopic (exact) mass is 346 g/mol. The van der Waals surface area contributed by atoms with Gasteiger partial charge in [0.05, 0.1) is 21.7 Å². The molecule has 0 atom stereocenters. The summed E-state index contributed by atoms with van der Waals surface area (Å²) >= 11 is 0. The van der Waals surface area contributed by atoms with Gasteiger partial charge in [-0.3, -0.25) is 0 Å². The highest BCUT2D eigenvalue weighted by molar-refractivity contribution is 6.89. The van der Waals surface area contributed by atoms with E-state index in [1.165, 1.54) is 5.19 Å². The minimum atomic E-state index is -1.66. The summed E-state index contributed by atoms with van der Waals surface area (Å²) < 4.78 is 16.8. The number of nitrogens with zero attached hydrogens (tertiary/aromatic N) is 1. The lowest BCUT2D eigenvalue weighted by molar-refractivity contribution is -0.659. The van der Waals surface area contributed by atoms with Crippen molar-refractivity contribution in [2.75, 3.05) is 0 Å². The highest BCUT2D eigenvalue weighted by Crippen LogP contribution is 2.22. The maximum atomic E-state index is 14.6. The zero-order valence-electron chi connectivity index (χ0n) is 15.7. The summed E-state index contributed by atoms with van der Waals surface area (Å²) in [6, 6.07) is 8.14. The minimum Gasteiger partial charge on any atom is -0.207 e. The summed E-state index contributed by atoms with van der Waals surface area (Å²) in [7, 11) is -0.935. The first-order valence-corrected chi connectivity index (χ1v) is 15.2. The molecule has 124 valence electrons. The van der Waals surface area contributed by atoms with Gasteiger partial charge in [0, 0.05) is 11.3 Å². The summed E-state index contributed by atoms with van der Waals surface area (Å²) in [6.45, 7) is 15.7. The van der Waals surface area contributed by atoms with Crippen LogP contribution in [-0.2, 0) is 7.05 Å². The zero-order chi connectivity index (χ0) is 17.6. The Kier molecular flexibility index (Phi) is 4.70. The predicted octanol–water partition coefficient (Wildman–Crippen LogP) is 3.72. The lowest BCUT2D eigenvalue weighted by Crippen LogP contribution is -2.45. The third kappa shape index (κ3) is 3.80. The molecule has 0 saturated heterocycles. The second kappa shape index (κ2) is 5.98. The number of pyridine rings is 1. The van der Waals surface area contributed by atoms with Crippen LogP contribution in [0.25, 0.3) is 11.3 Å². The Morgan fingerprint density at radius 1 is 0.913 bits per heavy atom. The van der Waals surface area contributed by atoms with Gasteiger partial charge in [0.1, 0.15) is 12.9 Å². The lowest BCUT2D eigenvalue weighted by Gasteiger charge is -2.20. The number of hydrogen-bond acceptors (Lipinski definition) is 0. The summed E-state index contributed by atoms with van der Waals surface area (Å²) in [6.07, 6.45) is 2.21. The number of aryl methyl sites for hydroxylation is 2.